The number of alkyl carbamates (subject to hydrolysis) is 3. The van der Waals surface area contributed by atoms with E-state index in [1.807, 2.05) is 62.3 Å². The van der Waals surface area contributed by atoms with Crippen LogP contribution in [0.25, 0.3) is 0 Å². The highest BCUT2D eigenvalue weighted by Crippen LogP contribution is 2.24. The molecule has 3 N–H and O–H groups in total. The molecule has 668 valence electrons. The van der Waals surface area contributed by atoms with E-state index in [1.165, 1.54) is 0 Å². The Hall–Kier alpha value is -4.27. The zero-order chi connectivity index (χ0) is 84.0. The third-order valence-electron chi connectivity index (χ3n) is 19.1. The molecular formula is C87H167N3O21Si3. The molecule has 0 bridgehead atoms. The summed E-state index contributed by atoms with van der Waals surface area (Å²) in [6, 6.07) is 1.85. The summed E-state index contributed by atoms with van der Waals surface area (Å²) in [5, 5.41) is 8.79. The lowest BCUT2D eigenvalue weighted by Gasteiger charge is -2.28. The number of nitrogens with one attached hydrogen (secondary N) is 3. The SMILES string of the molecule is CCCCCCC(C/C=C/CCCCCCCC(=O)OCC(COC(=O)CCCCCCC/C=C/CC(CCCCCC)OC(=O)NCCC[Si](OCC)(OCC)OCC)OC(=O)CCCCCCC/C=C/CC(CCCCCC)OC(=O)NCCC[Si](OCC)(OCC)OCC)OC(=O)NCCC[Si](OCC)(OCC)OCC. The van der Waals surface area contributed by atoms with Crippen molar-refractivity contribution in [3.8, 4) is 0 Å². The fourth-order valence-electron chi connectivity index (χ4n) is 13.3. The smallest absolute Gasteiger partial charge is 0.462 e. The molecule has 0 aromatic carbocycles. The molecule has 0 aromatic rings. The minimum absolute atomic E-state index is 0.196. The van der Waals surface area contributed by atoms with Crippen molar-refractivity contribution in [2.45, 2.75) is 395 Å². The molecule has 0 aromatic heterocycles. The van der Waals surface area contributed by atoms with Gasteiger partial charge in [0, 0.05) is 136 Å². The van der Waals surface area contributed by atoms with E-state index in [1.54, 1.807) is 0 Å². The van der Waals surface area contributed by atoms with Crippen LogP contribution >= 0.6 is 0 Å². The van der Waals surface area contributed by atoms with E-state index in [4.69, 9.17) is 68.3 Å². The largest absolute Gasteiger partial charge is 0.500 e. The molecule has 27 heteroatoms. The van der Waals surface area contributed by atoms with Crippen LogP contribution in [-0.2, 0) is 82.6 Å². The molecule has 0 spiro atoms. The number of unbranched alkanes of at least 4 members (excludes halogenated alkanes) is 24. The van der Waals surface area contributed by atoms with Gasteiger partial charge >= 0.3 is 62.6 Å². The Morgan fingerprint density at radius 1 is 0.263 bits per heavy atom. The number of esters is 3. The zero-order valence-electron chi connectivity index (χ0n) is 74.1. The minimum Gasteiger partial charge on any atom is -0.462 e. The van der Waals surface area contributed by atoms with Gasteiger partial charge in [0.1, 0.15) is 31.5 Å². The molecule has 24 nitrogen and oxygen atoms in total. The van der Waals surface area contributed by atoms with Crippen LogP contribution in [0.2, 0.25) is 18.1 Å². The maximum atomic E-state index is 13.3. The molecule has 3 amide bonds. The molecule has 0 saturated carbocycles. The van der Waals surface area contributed by atoms with Gasteiger partial charge in [-0.2, -0.15) is 0 Å². The first-order valence-corrected chi connectivity index (χ1v) is 51.3. The highest BCUT2D eigenvalue weighted by atomic mass is 28.4. The van der Waals surface area contributed by atoms with Crippen molar-refractivity contribution in [3.05, 3.63) is 36.5 Å². The van der Waals surface area contributed by atoms with E-state index in [-0.39, 0.29) is 62.7 Å². The summed E-state index contributed by atoms with van der Waals surface area (Å²) in [6.07, 6.45) is 46.5. The minimum atomic E-state index is -2.79. The Kier molecular flexibility index (Phi) is 75.6. The summed E-state index contributed by atoms with van der Waals surface area (Å²) >= 11 is 0. The van der Waals surface area contributed by atoms with Crippen molar-refractivity contribution in [2.75, 3.05) is 92.3 Å². The number of allylic oxidation sites excluding steroid dienone is 3. The number of ether oxygens (including phenoxy) is 6. The third-order valence-corrected chi connectivity index (χ3v) is 28.6. The first-order valence-electron chi connectivity index (χ1n) is 45.5. The second-order valence-electron chi connectivity index (χ2n) is 29.2. The Morgan fingerprint density at radius 2 is 0.509 bits per heavy atom. The van der Waals surface area contributed by atoms with E-state index in [0.717, 1.165) is 193 Å². The lowest BCUT2D eigenvalue weighted by Crippen LogP contribution is -2.46. The fraction of sp³-hybridized carbons (Fsp3) is 0.862. The van der Waals surface area contributed by atoms with Gasteiger partial charge in [-0.15, -0.1) is 0 Å². The predicted molar refractivity (Wildman–Crippen MR) is 461 cm³/mol. The highest BCUT2D eigenvalue weighted by molar-refractivity contribution is 6.61. The summed E-state index contributed by atoms with van der Waals surface area (Å²) in [5.41, 5.74) is 0. The molecule has 0 aliphatic heterocycles. The van der Waals surface area contributed by atoms with Crippen LogP contribution in [-0.4, -0.2) is 179 Å². The molecule has 114 heavy (non-hydrogen) atoms. The Balaban J connectivity index is 5.44. The van der Waals surface area contributed by atoms with Gasteiger partial charge in [0.25, 0.3) is 0 Å². The van der Waals surface area contributed by atoms with Crippen molar-refractivity contribution in [1.29, 1.82) is 0 Å². The molecule has 0 heterocycles. The quantitative estimate of drug-likeness (QED) is 0.0168. The molecular weight excluding hydrogens is 1510 g/mol. The summed E-state index contributed by atoms with van der Waals surface area (Å²) in [4.78, 5) is 78.2. The van der Waals surface area contributed by atoms with E-state index in [9.17, 15) is 28.8 Å². The van der Waals surface area contributed by atoms with Gasteiger partial charge in [-0.1, -0.05) is 173 Å². The second kappa shape index (κ2) is 78.6. The van der Waals surface area contributed by atoms with E-state index < -0.39 is 56.8 Å². The molecule has 0 aliphatic carbocycles. The maximum Gasteiger partial charge on any atom is 0.500 e. The average molecular weight is 1680 g/mol. The number of rotatable bonds is 83. The van der Waals surface area contributed by atoms with Crippen molar-refractivity contribution in [3.63, 3.8) is 0 Å². The average Bonchev–Trinajstić information content (AvgIpc) is 0.885. The van der Waals surface area contributed by atoms with Gasteiger partial charge in [0.05, 0.1) is 0 Å². The van der Waals surface area contributed by atoms with Gasteiger partial charge in [-0.25, -0.2) is 14.4 Å². The summed E-state index contributed by atoms with van der Waals surface area (Å²) < 4.78 is 88.6. The number of carbonyl (C=O) groups excluding carboxylic acids is 6. The van der Waals surface area contributed by atoms with Crippen molar-refractivity contribution in [1.82, 2.24) is 16.0 Å². The first kappa shape index (κ1) is 110. The van der Waals surface area contributed by atoms with E-state index >= 15 is 0 Å². The number of hydrogen-bond acceptors (Lipinski definition) is 21. The van der Waals surface area contributed by atoms with Crippen LogP contribution in [0.3, 0.4) is 0 Å². The van der Waals surface area contributed by atoms with E-state index in [0.29, 0.717) is 155 Å². The fourth-order valence-corrected chi connectivity index (χ4v) is 21.1. The standard InChI is InChI=1S/C87H167N3O21Si3/c1-13-25-28-49-61-78(109-85(94)88-70-58-73-112(99-16-4,100-17-5)101-18-6)64-52-43-37-31-34-40-46-55-67-82(91)97-76-81(108-84(93)69-57-48-42-36-33-39-45-54-66-80(63-51-30-27-15-3)111-87(96)90-72-60-75-114(105-22-10,106-23-11)107-24-12)77-98-83(92)68-56-47-41-35-32-38-44-53-65-79(62-50-29-26-14-2)110-86(95)89-71-59-74-113(102-19-7,103-20-8)104-21-9/h43-45,52-54,78-81H,13-42,46-51,55-77H2,1-12H3,(H,88,94)(H,89,95)(H,90,96)/b52-43+,53-44+,54-45+. The molecule has 0 rings (SSSR count). The maximum absolute atomic E-state index is 13.3. The molecule has 0 fully saturated rings. The monoisotopic (exact) mass is 1670 g/mol. The summed E-state index contributed by atoms with van der Waals surface area (Å²) in [6.45, 7) is 29.5. The zero-order valence-corrected chi connectivity index (χ0v) is 77.1. The van der Waals surface area contributed by atoms with Crippen LogP contribution in [0.5, 0.6) is 0 Å². The van der Waals surface area contributed by atoms with Gasteiger partial charge in [0.2, 0.25) is 0 Å². The Bertz CT molecular complexity index is 2230. The molecule has 0 aliphatic rings. The van der Waals surface area contributed by atoms with Crippen molar-refractivity contribution < 1.29 is 97.0 Å². The number of amides is 3. The Labute approximate surface area is 696 Å². The van der Waals surface area contributed by atoms with Gasteiger partial charge in [-0.05, 0) is 178 Å². The topological polar surface area (TPSA) is 277 Å². The van der Waals surface area contributed by atoms with Crippen molar-refractivity contribution >= 4 is 62.6 Å². The lowest BCUT2D eigenvalue weighted by molar-refractivity contribution is -0.167. The van der Waals surface area contributed by atoms with Crippen LogP contribution in [0, 0.1) is 0 Å². The van der Waals surface area contributed by atoms with Crippen LogP contribution < -0.4 is 16.0 Å². The lowest BCUT2D eigenvalue weighted by atomic mass is 10.1. The highest BCUT2D eigenvalue weighted by Gasteiger charge is 2.42. The summed E-state index contributed by atoms with van der Waals surface area (Å²) in [7, 11) is -8.36. The predicted octanol–water partition coefficient (Wildman–Crippen LogP) is 21.5. The molecule has 0 radical (unpaired) electrons. The Morgan fingerprint density at radius 3 is 0.772 bits per heavy atom. The number of hydrogen-bond donors (Lipinski definition) is 3. The van der Waals surface area contributed by atoms with Crippen LogP contribution in [0.15, 0.2) is 36.5 Å². The van der Waals surface area contributed by atoms with Crippen molar-refractivity contribution in [2.24, 2.45) is 0 Å². The summed E-state index contributed by atoms with van der Waals surface area (Å²) in [5.74, 6) is -1.19. The first-order chi connectivity index (χ1) is 55.5. The molecule has 3 unspecified atom stereocenters. The number of carbonyl (C=O) groups is 6. The van der Waals surface area contributed by atoms with Gasteiger partial charge in [-0.3, -0.25) is 14.4 Å². The second-order valence-corrected chi connectivity index (χ2v) is 37.4. The molecule has 3 atom stereocenters. The van der Waals surface area contributed by atoms with E-state index in [2.05, 4.69) is 73.2 Å². The van der Waals surface area contributed by atoms with Gasteiger partial charge < -0.3 is 84.2 Å². The molecule has 0 saturated heterocycles. The van der Waals surface area contributed by atoms with Crippen LogP contribution in [0.4, 0.5) is 14.4 Å². The van der Waals surface area contributed by atoms with Gasteiger partial charge in [0.15, 0.2) is 6.10 Å². The third kappa shape index (κ3) is 63.8. The van der Waals surface area contributed by atoms with Crippen LogP contribution in [0.1, 0.15) is 353 Å². The normalized spacial score (nSPS) is 13.2.